The number of morpholine rings is 1. The SMILES string of the molecule is Cc1ccc(-n2c(C)cc(/C=C3\SC(=O)N(CC(=O)N4CCOCC4)C3=O)c2C)nc1. The van der Waals surface area contributed by atoms with Crippen molar-refractivity contribution in [2.24, 2.45) is 0 Å². The van der Waals surface area contributed by atoms with Gasteiger partial charge in [-0.2, -0.15) is 0 Å². The van der Waals surface area contributed by atoms with Crippen molar-refractivity contribution >= 4 is 34.9 Å². The highest BCUT2D eigenvalue weighted by atomic mass is 32.2. The highest BCUT2D eigenvalue weighted by Gasteiger charge is 2.37. The molecule has 162 valence electrons. The molecule has 0 saturated carbocycles. The molecule has 4 heterocycles. The second-order valence-electron chi connectivity index (χ2n) is 7.62. The summed E-state index contributed by atoms with van der Waals surface area (Å²) in [5.41, 5.74) is 3.81. The van der Waals surface area contributed by atoms with E-state index in [0.29, 0.717) is 31.2 Å². The molecule has 9 heteroatoms. The van der Waals surface area contributed by atoms with Crippen LogP contribution in [-0.2, 0) is 14.3 Å². The molecule has 31 heavy (non-hydrogen) atoms. The van der Waals surface area contributed by atoms with Gasteiger partial charge in [0.1, 0.15) is 12.4 Å². The third-order valence-electron chi connectivity index (χ3n) is 5.41. The maximum absolute atomic E-state index is 12.9. The molecule has 2 fully saturated rings. The Hall–Kier alpha value is -2.91. The van der Waals surface area contributed by atoms with E-state index in [1.165, 1.54) is 0 Å². The molecule has 4 rings (SSSR count). The van der Waals surface area contributed by atoms with E-state index >= 15 is 0 Å². The number of nitrogens with zero attached hydrogens (tertiary/aromatic N) is 4. The van der Waals surface area contributed by atoms with Crippen LogP contribution in [0.2, 0.25) is 0 Å². The summed E-state index contributed by atoms with van der Waals surface area (Å²) < 4.78 is 7.26. The zero-order valence-electron chi connectivity index (χ0n) is 17.8. The van der Waals surface area contributed by atoms with Crippen LogP contribution in [0.4, 0.5) is 4.79 Å². The lowest BCUT2D eigenvalue weighted by molar-refractivity contribution is -0.139. The molecule has 2 aromatic rings. The monoisotopic (exact) mass is 440 g/mol. The summed E-state index contributed by atoms with van der Waals surface area (Å²) in [5.74, 6) is 0.120. The number of imide groups is 1. The molecule has 0 radical (unpaired) electrons. The first-order valence-electron chi connectivity index (χ1n) is 10.1. The van der Waals surface area contributed by atoms with Crippen LogP contribution < -0.4 is 0 Å². The summed E-state index contributed by atoms with van der Waals surface area (Å²) >= 11 is 0.865. The second kappa shape index (κ2) is 8.68. The standard InChI is InChI=1S/C22H24N4O4S/c1-14-4-5-19(23-12-14)26-15(2)10-17(16(26)3)11-18-21(28)25(22(29)31-18)13-20(27)24-6-8-30-9-7-24/h4-5,10-12H,6-9,13H2,1-3H3/b18-11-. The lowest BCUT2D eigenvalue weighted by Gasteiger charge is -2.28. The van der Waals surface area contributed by atoms with Gasteiger partial charge < -0.3 is 14.2 Å². The van der Waals surface area contributed by atoms with Crippen LogP contribution in [0.1, 0.15) is 22.5 Å². The van der Waals surface area contributed by atoms with Gasteiger partial charge in [-0.1, -0.05) is 6.07 Å². The van der Waals surface area contributed by atoms with Crippen LogP contribution in [-0.4, -0.2) is 69.3 Å². The van der Waals surface area contributed by atoms with Crippen LogP contribution in [0.5, 0.6) is 0 Å². The zero-order valence-corrected chi connectivity index (χ0v) is 18.6. The summed E-state index contributed by atoms with van der Waals surface area (Å²) in [6.07, 6.45) is 3.53. The number of thioether (sulfide) groups is 1. The first kappa shape index (κ1) is 21.3. The van der Waals surface area contributed by atoms with E-state index in [1.54, 1.807) is 11.0 Å². The number of ether oxygens (including phenoxy) is 1. The third-order valence-corrected chi connectivity index (χ3v) is 6.32. The van der Waals surface area contributed by atoms with Crippen molar-refractivity contribution in [1.29, 1.82) is 0 Å². The number of amides is 3. The highest BCUT2D eigenvalue weighted by molar-refractivity contribution is 8.18. The van der Waals surface area contributed by atoms with Gasteiger partial charge in [-0.3, -0.25) is 19.3 Å². The Balaban J connectivity index is 1.55. The maximum Gasteiger partial charge on any atom is 0.294 e. The van der Waals surface area contributed by atoms with Crippen LogP contribution in [0.3, 0.4) is 0 Å². The Morgan fingerprint density at radius 3 is 2.61 bits per heavy atom. The Morgan fingerprint density at radius 1 is 1.19 bits per heavy atom. The fourth-order valence-corrected chi connectivity index (χ4v) is 4.53. The van der Waals surface area contributed by atoms with Gasteiger partial charge in [0.15, 0.2) is 0 Å². The van der Waals surface area contributed by atoms with Crippen molar-refractivity contribution in [2.45, 2.75) is 20.8 Å². The molecular formula is C22H24N4O4S. The van der Waals surface area contributed by atoms with E-state index in [4.69, 9.17) is 4.74 Å². The maximum atomic E-state index is 12.9. The summed E-state index contributed by atoms with van der Waals surface area (Å²) in [7, 11) is 0. The molecule has 0 atom stereocenters. The number of aryl methyl sites for hydroxylation is 2. The normalized spacial score (nSPS) is 18.4. The molecule has 0 aliphatic carbocycles. The Kier molecular flexibility index (Phi) is 5.97. The molecular weight excluding hydrogens is 416 g/mol. The van der Waals surface area contributed by atoms with E-state index in [2.05, 4.69) is 4.98 Å². The van der Waals surface area contributed by atoms with Gasteiger partial charge in [-0.25, -0.2) is 4.98 Å². The second-order valence-corrected chi connectivity index (χ2v) is 8.61. The topological polar surface area (TPSA) is 84.7 Å². The minimum atomic E-state index is -0.435. The van der Waals surface area contributed by atoms with Gasteiger partial charge >= 0.3 is 0 Å². The zero-order chi connectivity index (χ0) is 22.1. The van der Waals surface area contributed by atoms with E-state index in [-0.39, 0.29) is 12.5 Å². The Labute approximate surface area is 184 Å². The molecule has 0 N–H and O–H groups in total. The number of carbonyl (C=O) groups is 3. The van der Waals surface area contributed by atoms with Crippen molar-refractivity contribution in [2.75, 3.05) is 32.8 Å². The molecule has 0 bridgehead atoms. The average Bonchev–Trinajstić information content (AvgIpc) is 3.19. The van der Waals surface area contributed by atoms with Gasteiger partial charge in [0.2, 0.25) is 5.91 Å². The van der Waals surface area contributed by atoms with E-state index < -0.39 is 11.1 Å². The molecule has 2 saturated heterocycles. The first-order chi connectivity index (χ1) is 14.8. The van der Waals surface area contributed by atoms with E-state index in [1.807, 2.05) is 49.7 Å². The molecule has 2 aliphatic rings. The molecule has 8 nitrogen and oxygen atoms in total. The molecule has 2 aromatic heterocycles. The van der Waals surface area contributed by atoms with Crippen molar-refractivity contribution in [3.8, 4) is 5.82 Å². The molecule has 0 aromatic carbocycles. The lowest BCUT2D eigenvalue weighted by atomic mass is 10.2. The average molecular weight is 441 g/mol. The van der Waals surface area contributed by atoms with Crippen molar-refractivity contribution in [1.82, 2.24) is 19.4 Å². The number of carbonyl (C=O) groups excluding carboxylic acids is 3. The van der Waals surface area contributed by atoms with Gasteiger partial charge in [-0.05, 0) is 61.9 Å². The fraction of sp³-hybridized carbons (Fsp3) is 0.364. The molecule has 0 unspecified atom stereocenters. The quantitative estimate of drug-likeness (QED) is 0.680. The van der Waals surface area contributed by atoms with Crippen LogP contribution in [0, 0.1) is 20.8 Å². The van der Waals surface area contributed by atoms with Gasteiger partial charge in [0, 0.05) is 30.7 Å². The van der Waals surface area contributed by atoms with E-state index in [0.717, 1.165) is 45.0 Å². The van der Waals surface area contributed by atoms with Gasteiger partial charge in [-0.15, -0.1) is 0 Å². The van der Waals surface area contributed by atoms with Crippen LogP contribution >= 0.6 is 11.8 Å². The minimum Gasteiger partial charge on any atom is -0.378 e. The minimum absolute atomic E-state index is 0.240. The predicted octanol–water partition coefficient (Wildman–Crippen LogP) is 2.69. The smallest absolute Gasteiger partial charge is 0.294 e. The largest absolute Gasteiger partial charge is 0.378 e. The Morgan fingerprint density at radius 2 is 1.94 bits per heavy atom. The number of rotatable bonds is 4. The summed E-state index contributed by atoms with van der Waals surface area (Å²) in [6.45, 7) is 7.56. The fourth-order valence-electron chi connectivity index (χ4n) is 3.70. The van der Waals surface area contributed by atoms with Crippen LogP contribution in [0.25, 0.3) is 11.9 Å². The number of aromatic nitrogens is 2. The predicted molar refractivity (Wildman–Crippen MR) is 118 cm³/mol. The lowest BCUT2D eigenvalue weighted by Crippen LogP contribution is -2.46. The first-order valence-corrected chi connectivity index (χ1v) is 10.9. The Bertz CT molecular complexity index is 1070. The number of pyridine rings is 1. The number of hydrogen-bond donors (Lipinski definition) is 0. The molecule has 2 aliphatic heterocycles. The van der Waals surface area contributed by atoms with Gasteiger partial charge in [0.25, 0.3) is 11.1 Å². The summed E-state index contributed by atoms with van der Waals surface area (Å²) in [4.78, 5) is 45.2. The van der Waals surface area contributed by atoms with E-state index in [9.17, 15) is 14.4 Å². The van der Waals surface area contributed by atoms with Crippen molar-refractivity contribution < 1.29 is 19.1 Å². The summed E-state index contributed by atoms with van der Waals surface area (Å²) in [6, 6.07) is 5.91. The third kappa shape index (κ3) is 4.28. The molecule has 3 amide bonds. The highest BCUT2D eigenvalue weighted by Crippen LogP contribution is 2.33. The van der Waals surface area contributed by atoms with Gasteiger partial charge in [0.05, 0.1) is 18.1 Å². The molecule has 0 spiro atoms. The van der Waals surface area contributed by atoms with Crippen molar-refractivity contribution in [3.63, 3.8) is 0 Å². The number of hydrogen-bond acceptors (Lipinski definition) is 6. The van der Waals surface area contributed by atoms with Crippen molar-refractivity contribution in [3.05, 3.63) is 51.8 Å². The van der Waals surface area contributed by atoms with Crippen LogP contribution in [0.15, 0.2) is 29.3 Å². The summed E-state index contributed by atoms with van der Waals surface area (Å²) in [5, 5.41) is -0.424.